The SMILES string of the molecule is CN=C(NCc1csc(-c2ccccc2)n1)NCC1CN(CC(C)C)CCO1. The van der Waals surface area contributed by atoms with Crippen LogP contribution >= 0.6 is 11.3 Å². The van der Waals surface area contributed by atoms with E-state index in [9.17, 15) is 0 Å². The first-order valence-corrected chi connectivity index (χ1v) is 10.8. The quantitative estimate of drug-likeness (QED) is 0.552. The van der Waals surface area contributed by atoms with Gasteiger partial charge in [0.25, 0.3) is 0 Å². The third kappa shape index (κ3) is 6.29. The first-order chi connectivity index (χ1) is 13.6. The first-order valence-electron chi connectivity index (χ1n) is 9.92. The number of guanidine groups is 1. The summed E-state index contributed by atoms with van der Waals surface area (Å²) in [5.74, 6) is 1.46. The maximum atomic E-state index is 5.90. The highest BCUT2D eigenvalue weighted by atomic mass is 32.1. The zero-order valence-electron chi connectivity index (χ0n) is 17.0. The molecular weight excluding hydrogens is 370 g/mol. The van der Waals surface area contributed by atoms with Gasteiger partial charge in [0, 0.05) is 44.2 Å². The lowest BCUT2D eigenvalue weighted by Crippen LogP contribution is -2.50. The van der Waals surface area contributed by atoms with Crippen LogP contribution in [0.3, 0.4) is 0 Å². The van der Waals surface area contributed by atoms with E-state index >= 15 is 0 Å². The summed E-state index contributed by atoms with van der Waals surface area (Å²) in [6.07, 6.45) is 0.190. The molecule has 28 heavy (non-hydrogen) atoms. The Hall–Kier alpha value is -1.96. The molecule has 0 radical (unpaired) electrons. The molecule has 1 aliphatic rings. The first kappa shape index (κ1) is 20.8. The van der Waals surface area contributed by atoms with E-state index in [1.165, 1.54) is 0 Å². The Labute approximate surface area is 172 Å². The third-order valence-corrected chi connectivity index (χ3v) is 5.52. The van der Waals surface area contributed by atoms with Gasteiger partial charge in [-0.2, -0.15) is 0 Å². The predicted octanol–water partition coefficient (Wildman–Crippen LogP) is 2.83. The minimum atomic E-state index is 0.190. The molecule has 2 heterocycles. The van der Waals surface area contributed by atoms with Crippen LogP contribution in [0.5, 0.6) is 0 Å². The number of ether oxygens (including phenoxy) is 1. The van der Waals surface area contributed by atoms with E-state index in [-0.39, 0.29) is 6.10 Å². The fourth-order valence-corrected chi connectivity index (χ4v) is 4.12. The molecule has 3 rings (SSSR count). The molecule has 1 aromatic heterocycles. The molecule has 1 atom stereocenters. The molecule has 0 aliphatic carbocycles. The lowest BCUT2D eigenvalue weighted by atomic mass is 10.2. The molecule has 0 bridgehead atoms. The van der Waals surface area contributed by atoms with Crippen molar-refractivity contribution in [3.63, 3.8) is 0 Å². The largest absolute Gasteiger partial charge is 0.374 e. The highest BCUT2D eigenvalue weighted by molar-refractivity contribution is 7.13. The zero-order chi connectivity index (χ0) is 19.8. The van der Waals surface area contributed by atoms with Crippen LogP contribution in [-0.4, -0.2) is 61.8 Å². The van der Waals surface area contributed by atoms with E-state index in [2.05, 4.69) is 51.9 Å². The fraction of sp³-hybridized carbons (Fsp3) is 0.524. The van der Waals surface area contributed by atoms with E-state index < -0.39 is 0 Å². The molecule has 2 N–H and O–H groups in total. The molecule has 0 spiro atoms. The van der Waals surface area contributed by atoms with Gasteiger partial charge in [-0.15, -0.1) is 11.3 Å². The van der Waals surface area contributed by atoms with Crippen molar-refractivity contribution in [2.24, 2.45) is 10.9 Å². The molecule has 152 valence electrons. The summed E-state index contributed by atoms with van der Waals surface area (Å²) in [5, 5.41) is 9.87. The minimum Gasteiger partial charge on any atom is -0.374 e. The molecule has 1 unspecified atom stereocenters. The number of hydrogen-bond acceptors (Lipinski definition) is 5. The molecule has 1 aromatic carbocycles. The summed E-state index contributed by atoms with van der Waals surface area (Å²) in [6.45, 7) is 9.83. The molecule has 6 nitrogen and oxygen atoms in total. The summed E-state index contributed by atoms with van der Waals surface area (Å²) in [6, 6.07) is 10.3. The summed E-state index contributed by atoms with van der Waals surface area (Å²) in [7, 11) is 1.79. The summed E-state index contributed by atoms with van der Waals surface area (Å²) in [4.78, 5) is 11.5. The lowest BCUT2D eigenvalue weighted by Gasteiger charge is -2.34. The summed E-state index contributed by atoms with van der Waals surface area (Å²) < 4.78 is 5.90. The number of nitrogens with zero attached hydrogens (tertiary/aromatic N) is 3. The Balaban J connectivity index is 1.44. The second-order valence-electron chi connectivity index (χ2n) is 7.46. The van der Waals surface area contributed by atoms with Crippen molar-refractivity contribution in [3.8, 4) is 10.6 Å². The zero-order valence-corrected chi connectivity index (χ0v) is 17.8. The second-order valence-corrected chi connectivity index (χ2v) is 8.32. The average Bonchev–Trinajstić information content (AvgIpc) is 3.18. The van der Waals surface area contributed by atoms with Gasteiger partial charge in [0.15, 0.2) is 5.96 Å². The molecule has 2 aromatic rings. The number of nitrogens with one attached hydrogen (secondary N) is 2. The van der Waals surface area contributed by atoms with Crippen molar-refractivity contribution in [2.75, 3.05) is 39.8 Å². The van der Waals surface area contributed by atoms with Gasteiger partial charge in [-0.25, -0.2) is 4.98 Å². The van der Waals surface area contributed by atoms with Crippen LogP contribution in [0, 0.1) is 5.92 Å². The molecule has 1 aliphatic heterocycles. The molecule has 1 fully saturated rings. The maximum Gasteiger partial charge on any atom is 0.191 e. The Morgan fingerprint density at radius 3 is 2.89 bits per heavy atom. The smallest absolute Gasteiger partial charge is 0.191 e. The van der Waals surface area contributed by atoms with Crippen molar-refractivity contribution in [1.82, 2.24) is 20.5 Å². The molecule has 0 saturated carbocycles. The van der Waals surface area contributed by atoms with E-state index in [1.54, 1.807) is 18.4 Å². The van der Waals surface area contributed by atoms with Gasteiger partial charge in [0.05, 0.1) is 24.9 Å². The van der Waals surface area contributed by atoms with Gasteiger partial charge in [0.1, 0.15) is 5.01 Å². The van der Waals surface area contributed by atoms with E-state index in [1.807, 2.05) is 18.2 Å². The lowest BCUT2D eigenvalue weighted by molar-refractivity contribution is -0.0284. The monoisotopic (exact) mass is 401 g/mol. The Morgan fingerprint density at radius 2 is 2.14 bits per heavy atom. The number of rotatable bonds is 7. The average molecular weight is 402 g/mol. The Bertz CT molecular complexity index is 746. The number of hydrogen-bond donors (Lipinski definition) is 2. The second kappa shape index (κ2) is 10.5. The van der Waals surface area contributed by atoms with Crippen LogP contribution < -0.4 is 10.6 Å². The van der Waals surface area contributed by atoms with E-state index in [0.29, 0.717) is 12.5 Å². The van der Waals surface area contributed by atoms with Gasteiger partial charge < -0.3 is 15.4 Å². The number of aromatic nitrogens is 1. The van der Waals surface area contributed by atoms with Crippen LogP contribution in [0.2, 0.25) is 0 Å². The van der Waals surface area contributed by atoms with Crippen LogP contribution in [0.4, 0.5) is 0 Å². The van der Waals surface area contributed by atoms with Crippen LogP contribution in [0.15, 0.2) is 40.7 Å². The molecule has 0 amide bonds. The molecule has 1 saturated heterocycles. The standard InChI is InChI=1S/C21H31N5OS/c1-16(2)13-26-9-10-27-19(14-26)12-24-21(22-3)23-11-18-15-28-20(25-18)17-7-5-4-6-8-17/h4-8,15-16,19H,9-14H2,1-3H3,(H2,22,23,24). The van der Waals surface area contributed by atoms with Crippen molar-refractivity contribution in [1.29, 1.82) is 0 Å². The number of benzene rings is 1. The summed E-state index contributed by atoms with van der Waals surface area (Å²) >= 11 is 1.67. The van der Waals surface area contributed by atoms with Crippen molar-refractivity contribution >= 4 is 17.3 Å². The highest BCUT2D eigenvalue weighted by Crippen LogP contribution is 2.23. The Morgan fingerprint density at radius 1 is 1.32 bits per heavy atom. The van der Waals surface area contributed by atoms with Gasteiger partial charge >= 0.3 is 0 Å². The van der Waals surface area contributed by atoms with Crippen molar-refractivity contribution < 1.29 is 4.74 Å². The molecule has 7 heteroatoms. The number of aliphatic imine (C=N–C) groups is 1. The fourth-order valence-electron chi connectivity index (χ4n) is 3.29. The van der Waals surface area contributed by atoms with Crippen molar-refractivity contribution in [2.45, 2.75) is 26.5 Å². The normalized spacial score (nSPS) is 18.4. The van der Waals surface area contributed by atoms with Gasteiger partial charge in [-0.05, 0) is 5.92 Å². The van der Waals surface area contributed by atoms with Gasteiger partial charge in [-0.1, -0.05) is 44.2 Å². The minimum absolute atomic E-state index is 0.190. The maximum absolute atomic E-state index is 5.90. The van der Waals surface area contributed by atoms with Crippen LogP contribution in [0.1, 0.15) is 19.5 Å². The number of morpholine rings is 1. The topological polar surface area (TPSA) is 61.8 Å². The van der Waals surface area contributed by atoms with E-state index in [0.717, 1.165) is 55.0 Å². The number of thiazole rings is 1. The summed E-state index contributed by atoms with van der Waals surface area (Å²) in [5.41, 5.74) is 2.17. The highest BCUT2D eigenvalue weighted by Gasteiger charge is 2.21. The predicted molar refractivity (Wildman–Crippen MR) is 117 cm³/mol. The van der Waals surface area contributed by atoms with Crippen LogP contribution in [0.25, 0.3) is 10.6 Å². The Kier molecular flexibility index (Phi) is 7.82. The third-order valence-electron chi connectivity index (χ3n) is 4.58. The van der Waals surface area contributed by atoms with Crippen molar-refractivity contribution in [3.05, 3.63) is 41.4 Å². The van der Waals surface area contributed by atoms with E-state index in [4.69, 9.17) is 9.72 Å². The van der Waals surface area contributed by atoms with Gasteiger partial charge in [0.2, 0.25) is 0 Å². The van der Waals surface area contributed by atoms with Gasteiger partial charge in [-0.3, -0.25) is 9.89 Å². The van der Waals surface area contributed by atoms with Crippen LogP contribution in [-0.2, 0) is 11.3 Å². The molecular formula is C21H31N5OS.